The van der Waals surface area contributed by atoms with E-state index in [1.165, 1.54) is 4.90 Å². The number of hydrogen-bond acceptors (Lipinski definition) is 3. The van der Waals surface area contributed by atoms with Gasteiger partial charge in [-0.3, -0.25) is 19.3 Å². The van der Waals surface area contributed by atoms with Crippen molar-refractivity contribution >= 4 is 17.8 Å². The van der Waals surface area contributed by atoms with Gasteiger partial charge in [-0.25, -0.2) is 0 Å². The van der Waals surface area contributed by atoms with E-state index in [1.54, 1.807) is 13.8 Å². The van der Waals surface area contributed by atoms with Crippen LogP contribution in [0.3, 0.4) is 0 Å². The number of imide groups is 1. The molecule has 1 N–H and O–H groups in total. The van der Waals surface area contributed by atoms with E-state index < -0.39 is 11.9 Å². The number of amides is 2. The normalized spacial score (nSPS) is 22.6. The highest BCUT2D eigenvalue weighted by Gasteiger charge is 2.34. The van der Waals surface area contributed by atoms with Gasteiger partial charge in [-0.05, 0) is 12.8 Å². The molecule has 0 spiro atoms. The van der Waals surface area contributed by atoms with Crippen molar-refractivity contribution in [1.29, 1.82) is 0 Å². The van der Waals surface area contributed by atoms with Crippen LogP contribution in [0.4, 0.5) is 0 Å². The van der Waals surface area contributed by atoms with E-state index in [2.05, 4.69) is 0 Å². The molecule has 2 atom stereocenters. The quantitative estimate of drug-likeness (QED) is 0.707. The van der Waals surface area contributed by atoms with Crippen LogP contribution in [-0.2, 0) is 14.4 Å². The molecule has 90 valence electrons. The van der Waals surface area contributed by atoms with E-state index in [0.717, 1.165) is 0 Å². The number of rotatable bonds is 5. The topological polar surface area (TPSA) is 74.7 Å². The summed E-state index contributed by atoms with van der Waals surface area (Å²) < 4.78 is 0. The molecule has 0 aromatic rings. The smallest absolute Gasteiger partial charge is 0.306 e. The van der Waals surface area contributed by atoms with Crippen LogP contribution in [0.2, 0.25) is 0 Å². The van der Waals surface area contributed by atoms with Crippen molar-refractivity contribution in [3.63, 3.8) is 0 Å². The molecular formula is C11H17NO4. The van der Waals surface area contributed by atoms with E-state index >= 15 is 0 Å². The lowest BCUT2D eigenvalue weighted by Gasteiger charge is -2.14. The lowest BCUT2D eigenvalue weighted by Crippen LogP contribution is -2.31. The average Bonchev–Trinajstić information content (AvgIpc) is 2.44. The fourth-order valence-corrected chi connectivity index (χ4v) is 1.76. The Hall–Kier alpha value is -1.39. The third kappa shape index (κ3) is 2.81. The monoisotopic (exact) mass is 227 g/mol. The second kappa shape index (κ2) is 5.09. The zero-order chi connectivity index (χ0) is 12.3. The predicted molar refractivity (Wildman–Crippen MR) is 56.5 cm³/mol. The van der Waals surface area contributed by atoms with Crippen molar-refractivity contribution in [1.82, 2.24) is 4.90 Å². The molecule has 1 aliphatic heterocycles. The van der Waals surface area contributed by atoms with Crippen LogP contribution in [0, 0.1) is 11.8 Å². The van der Waals surface area contributed by atoms with Gasteiger partial charge in [-0.15, -0.1) is 0 Å². The molecule has 1 rings (SSSR count). The van der Waals surface area contributed by atoms with Gasteiger partial charge in [-0.2, -0.15) is 0 Å². The highest BCUT2D eigenvalue weighted by Crippen LogP contribution is 2.19. The molecule has 0 aromatic carbocycles. The predicted octanol–water partition coefficient (Wildman–Crippen LogP) is 0.882. The fraction of sp³-hybridized carbons (Fsp3) is 0.727. The molecule has 0 aromatic heterocycles. The summed E-state index contributed by atoms with van der Waals surface area (Å²) in [6, 6.07) is 0. The lowest BCUT2D eigenvalue weighted by molar-refractivity contribution is -0.141. The Morgan fingerprint density at radius 2 is 2.19 bits per heavy atom. The minimum atomic E-state index is -0.840. The number of nitrogens with zero attached hydrogens (tertiary/aromatic N) is 1. The molecule has 1 fully saturated rings. The highest BCUT2D eigenvalue weighted by molar-refractivity contribution is 6.03. The number of carbonyl (C=O) groups excluding carboxylic acids is 2. The molecule has 1 saturated heterocycles. The van der Waals surface area contributed by atoms with Gasteiger partial charge in [0.25, 0.3) is 0 Å². The second-order valence-electron chi connectivity index (χ2n) is 4.37. The summed E-state index contributed by atoms with van der Waals surface area (Å²) in [6.45, 7) is 3.71. The van der Waals surface area contributed by atoms with Crippen LogP contribution >= 0.6 is 0 Å². The summed E-state index contributed by atoms with van der Waals surface area (Å²) in [7, 11) is 0. The number of aliphatic carboxylic acids is 1. The average molecular weight is 227 g/mol. The molecular weight excluding hydrogens is 210 g/mol. The zero-order valence-electron chi connectivity index (χ0n) is 9.60. The van der Waals surface area contributed by atoms with Gasteiger partial charge in [-0.1, -0.05) is 13.8 Å². The van der Waals surface area contributed by atoms with E-state index in [1.807, 2.05) is 0 Å². The van der Waals surface area contributed by atoms with Crippen LogP contribution in [-0.4, -0.2) is 34.3 Å². The standard InChI is InChI=1S/C11H17NO4/c1-7(11(15)16)4-3-5-12-9(13)6-8(2)10(12)14/h7-8H,3-6H2,1-2H3,(H,15,16). The molecule has 2 amide bonds. The maximum absolute atomic E-state index is 11.5. The number of carboxylic acid groups (broad SMARTS) is 1. The molecule has 5 nitrogen and oxygen atoms in total. The van der Waals surface area contributed by atoms with E-state index in [-0.39, 0.29) is 24.2 Å². The Balaban J connectivity index is 2.36. The largest absolute Gasteiger partial charge is 0.481 e. The van der Waals surface area contributed by atoms with Crippen LogP contribution in [0.15, 0.2) is 0 Å². The summed E-state index contributed by atoms with van der Waals surface area (Å²) in [6.07, 6.45) is 1.33. The van der Waals surface area contributed by atoms with Crippen molar-refractivity contribution in [3.05, 3.63) is 0 Å². The zero-order valence-corrected chi connectivity index (χ0v) is 9.60. The second-order valence-corrected chi connectivity index (χ2v) is 4.37. The Labute approximate surface area is 94.4 Å². The van der Waals surface area contributed by atoms with Gasteiger partial charge in [0.2, 0.25) is 11.8 Å². The Morgan fingerprint density at radius 1 is 1.56 bits per heavy atom. The van der Waals surface area contributed by atoms with Crippen LogP contribution < -0.4 is 0 Å². The maximum atomic E-state index is 11.5. The van der Waals surface area contributed by atoms with E-state index in [0.29, 0.717) is 19.4 Å². The first-order chi connectivity index (χ1) is 7.43. The number of hydrogen-bond donors (Lipinski definition) is 1. The molecule has 0 aliphatic carbocycles. The van der Waals surface area contributed by atoms with Crippen LogP contribution in [0.25, 0.3) is 0 Å². The van der Waals surface area contributed by atoms with Crippen molar-refractivity contribution in [3.8, 4) is 0 Å². The SMILES string of the molecule is CC(CCCN1C(=O)CC(C)C1=O)C(=O)O. The summed E-state index contributed by atoms with van der Waals surface area (Å²) >= 11 is 0. The van der Waals surface area contributed by atoms with E-state index in [9.17, 15) is 14.4 Å². The number of carboxylic acids is 1. The number of likely N-dealkylation sites (tertiary alicyclic amines) is 1. The Kier molecular flexibility index (Phi) is 4.04. The third-order valence-corrected chi connectivity index (χ3v) is 2.91. The van der Waals surface area contributed by atoms with E-state index in [4.69, 9.17) is 5.11 Å². The summed E-state index contributed by atoms with van der Waals surface area (Å²) in [5, 5.41) is 8.67. The van der Waals surface area contributed by atoms with Crippen molar-refractivity contribution in [2.24, 2.45) is 11.8 Å². The van der Waals surface area contributed by atoms with Gasteiger partial charge in [0.15, 0.2) is 0 Å². The molecule has 5 heteroatoms. The maximum Gasteiger partial charge on any atom is 0.306 e. The molecule has 0 saturated carbocycles. The van der Waals surface area contributed by atoms with Crippen molar-refractivity contribution in [2.75, 3.05) is 6.54 Å². The Bertz CT molecular complexity index is 313. The summed E-state index contributed by atoms with van der Waals surface area (Å²) in [5.74, 6) is -1.75. The van der Waals surface area contributed by atoms with Crippen molar-refractivity contribution in [2.45, 2.75) is 33.1 Å². The van der Waals surface area contributed by atoms with Crippen LogP contribution in [0.1, 0.15) is 33.1 Å². The minimum Gasteiger partial charge on any atom is -0.481 e. The first kappa shape index (κ1) is 12.7. The molecule has 16 heavy (non-hydrogen) atoms. The first-order valence-electron chi connectivity index (χ1n) is 5.50. The lowest BCUT2D eigenvalue weighted by atomic mass is 10.1. The fourth-order valence-electron chi connectivity index (χ4n) is 1.76. The molecule has 1 aliphatic rings. The molecule has 2 unspecified atom stereocenters. The summed E-state index contributed by atoms with van der Waals surface area (Å²) in [4.78, 5) is 34.7. The molecule has 0 radical (unpaired) electrons. The van der Waals surface area contributed by atoms with Gasteiger partial charge in [0.1, 0.15) is 0 Å². The van der Waals surface area contributed by atoms with Crippen LogP contribution in [0.5, 0.6) is 0 Å². The van der Waals surface area contributed by atoms with Crippen molar-refractivity contribution < 1.29 is 19.5 Å². The van der Waals surface area contributed by atoms with Gasteiger partial charge >= 0.3 is 5.97 Å². The first-order valence-corrected chi connectivity index (χ1v) is 5.50. The summed E-state index contributed by atoms with van der Waals surface area (Å²) in [5.41, 5.74) is 0. The van der Waals surface area contributed by atoms with Gasteiger partial charge in [0.05, 0.1) is 5.92 Å². The molecule has 1 heterocycles. The number of carbonyl (C=O) groups is 3. The Morgan fingerprint density at radius 3 is 2.62 bits per heavy atom. The minimum absolute atomic E-state index is 0.132. The van der Waals surface area contributed by atoms with Gasteiger partial charge in [0, 0.05) is 18.9 Å². The molecule has 0 bridgehead atoms. The third-order valence-electron chi connectivity index (χ3n) is 2.91. The highest BCUT2D eigenvalue weighted by atomic mass is 16.4. The van der Waals surface area contributed by atoms with Gasteiger partial charge < -0.3 is 5.11 Å².